The maximum absolute atomic E-state index is 12.8. The van der Waals surface area contributed by atoms with Gasteiger partial charge in [-0.25, -0.2) is 0 Å². The van der Waals surface area contributed by atoms with Crippen LogP contribution in [-0.2, 0) is 14.9 Å². The Kier molecular flexibility index (Phi) is 6.65. The molecule has 1 aromatic carbocycles. The lowest BCUT2D eigenvalue weighted by molar-refractivity contribution is -0.131. The zero-order valence-corrected chi connectivity index (χ0v) is 13.5. The molecule has 3 N–H and O–H groups in total. The van der Waals surface area contributed by atoms with E-state index in [-0.39, 0.29) is 24.4 Å². The molecule has 0 spiro atoms. The van der Waals surface area contributed by atoms with E-state index >= 15 is 0 Å². The highest BCUT2D eigenvalue weighted by Crippen LogP contribution is 2.35. The largest absolute Gasteiger partial charge is 0.381 e. The summed E-state index contributed by atoms with van der Waals surface area (Å²) < 4.78 is 5.45. The third-order valence-electron chi connectivity index (χ3n) is 4.12. The smallest absolute Gasteiger partial charge is 0.231 e. The molecule has 118 valence electrons. The van der Waals surface area contributed by atoms with Crippen molar-refractivity contribution in [3.05, 3.63) is 35.4 Å². The Hall–Kier alpha value is -1.10. The molecule has 1 saturated heterocycles. The molecule has 2 rings (SSSR count). The molecule has 0 unspecified atom stereocenters. The fourth-order valence-corrected chi connectivity index (χ4v) is 2.66. The number of carbonyl (C=O) groups excluding carboxylic acids is 1. The van der Waals surface area contributed by atoms with Gasteiger partial charge in [-0.15, -0.1) is 12.4 Å². The van der Waals surface area contributed by atoms with Crippen LogP contribution in [0.2, 0.25) is 0 Å². The van der Waals surface area contributed by atoms with Gasteiger partial charge in [0.05, 0.1) is 5.41 Å². The van der Waals surface area contributed by atoms with E-state index in [9.17, 15) is 4.79 Å². The minimum absolute atomic E-state index is 0. The molecule has 1 fully saturated rings. The van der Waals surface area contributed by atoms with Crippen molar-refractivity contribution in [2.75, 3.05) is 19.8 Å². The zero-order valence-electron chi connectivity index (χ0n) is 12.7. The van der Waals surface area contributed by atoms with E-state index in [4.69, 9.17) is 10.5 Å². The molecule has 0 aliphatic carbocycles. The Bertz CT molecular complexity index is 456. The van der Waals surface area contributed by atoms with Gasteiger partial charge in [0.1, 0.15) is 0 Å². The Labute approximate surface area is 132 Å². The fourth-order valence-electron chi connectivity index (χ4n) is 2.66. The first-order valence-corrected chi connectivity index (χ1v) is 7.24. The summed E-state index contributed by atoms with van der Waals surface area (Å²) in [5.74, 6) is 0.0719. The fraction of sp³-hybridized carbons (Fsp3) is 0.562. The van der Waals surface area contributed by atoms with E-state index in [2.05, 4.69) is 36.5 Å². The van der Waals surface area contributed by atoms with Crippen LogP contribution in [0, 0.1) is 6.92 Å². The summed E-state index contributed by atoms with van der Waals surface area (Å²) in [6.45, 7) is 5.68. The Morgan fingerprint density at radius 2 is 1.90 bits per heavy atom. The minimum atomic E-state index is -0.477. The summed E-state index contributed by atoms with van der Waals surface area (Å²) in [6, 6.07) is 8.24. The number of nitrogens with two attached hydrogens (primary N) is 1. The van der Waals surface area contributed by atoms with Crippen molar-refractivity contribution >= 4 is 18.3 Å². The Morgan fingerprint density at radius 1 is 1.33 bits per heavy atom. The summed E-state index contributed by atoms with van der Waals surface area (Å²) in [4.78, 5) is 12.8. The lowest BCUT2D eigenvalue weighted by Crippen LogP contribution is -2.51. The number of carbonyl (C=O) groups is 1. The molecule has 4 nitrogen and oxygen atoms in total. The van der Waals surface area contributed by atoms with Crippen LogP contribution >= 0.6 is 12.4 Å². The molecular weight excluding hydrogens is 288 g/mol. The first-order chi connectivity index (χ1) is 9.58. The van der Waals surface area contributed by atoms with Gasteiger partial charge in [-0.05, 0) is 32.3 Å². The van der Waals surface area contributed by atoms with Crippen molar-refractivity contribution < 1.29 is 9.53 Å². The molecule has 1 aliphatic rings. The monoisotopic (exact) mass is 312 g/mol. The van der Waals surface area contributed by atoms with E-state index in [1.165, 1.54) is 5.56 Å². The molecule has 21 heavy (non-hydrogen) atoms. The number of halogens is 1. The van der Waals surface area contributed by atoms with Gasteiger partial charge in [0.2, 0.25) is 5.91 Å². The second-order valence-electron chi connectivity index (χ2n) is 5.67. The second kappa shape index (κ2) is 7.78. The van der Waals surface area contributed by atoms with Crippen molar-refractivity contribution in [3.63, 3.8) is 0 Å². The van der Waals surface area contributed by atoms with Crippen LogP contribution in [0.15, 0.2) is 24.3 Å². The quantitative estimate of drug-likeness (QED) is 0.893. The number of rotatable bonds is 4. The van der Waals surface area contributed by atoms with E-state index in [0.29, 0.717) is 19.8 Å². The predicted octanol–water partition coefficient (Wildman–Crippen LogP) is 1.93. The predicted molar refractivity (Wildman–Crippen MR) is 86.8 cm³/mol. The number of hydrogen-bond donors (Lipinski definition) is 2. The summed E-state index contributed by atoms with van der Waals surface area (Å²) in [6.07, 6.45) is 1.44. The minimum Gasteiger partial charge on any atom is -0.381 e. The molecule has 1 aliphatic heterocycles. The van der Waals surface area contributed by atoms with Crippen molar-refractivity contribution in [1.82, 2.24) is 5.32 Å². The van der Waals surface area contributed by atoms with E-state index in [1.807, 2.05) is 6.92 Å². The van der Waals surface area contributed by atoms with Gasteiger partial charge in [-0.3, -0.25) is 4.79 Å². The van der Waals surface area contributed by atoms with Crippen LogP contribution in [0.5, 0.6) is 0 Å². The van der Waals surface area contributed by atoms with Crippen LogP contribution in [-0.4, -0.2) is 31.7 Å². The van der Waals surface area contributed by atoms with Crippen LogP contribution in [0.25, 0.3) is 0 Å². The molecule has 0 bridgehead atoms. The van der Waals surface area contributed by atoms with E-state index in [0.717, 1.165) is 18.4 Å². The summed E-state index contributed by atoms with van der Waals surface area (Å²) in [5, 5.41) is 3.03. The molecule has 0 saturated carbocycles. The first kappa shape index (κ1) is 18.0. The number of nitrogens with one attached hydrogen (secondary N) is 1. The van der Waals surface area contributed by atoms with Gasteiger partial charge in [0.25, 0.3) is 0 Å². The van der Waals surface area contributed by atoms with E-state index in [1.54, 1.807) is 0 Å². The molecule has 1 aromatic rings. The van der Waals surface area contributed by atoms with E-state index < -0.39 is 5.41 Å². The maximum Gasteiger partial charge on any atom is 0.231 e. The summed E-state index contributed by atoms with van der Waals surface area (Å²) in [5.41, 5.74) is 7.41. The van der Waals surface area contributed by atoms with Crippen molar-refractivity contribution in [1.29, 1.82) is 0 Å². The van der Waals surface area contributed by atoms with Gasteiger partial charge < -0.3 is 15.8 Å². The number of hydrogen-bond acceptors (Lipinski definition) is 3. The van der Waals surface area contributed by atoms with Gasteiger partial charge >= 0.3 is 0 Å². The highest BCUT2D eigenvalue weighted by atomic mass is 35.5. The average molecular weight is 313 g/mol. The van der Waals surface area contributed by atoms with Gasteiger partial charge in [0, 0.05) is 25.8 Å². The number of ether oxygens (including phenoxy) is 1. The summed E-state index contributed by atoms with van der Waals surface area (Å²) in [7, 11) is 0. The molecule has 0 aromatic heterocycles. The topological polar surface area (TPSA) is 64.4 Å². The Morgan fingerprint density at radius 3 is 2.43 bits per heavy atom. The molecule has 5 heteroatoms. The molecule has 1 amide bonds. The van der Waals surface area contributed by atoms with Gasteiger partial charge in [0.15, 0.2) is 0 Å². The highest BCUT2D eigenvalue weighted by Gasteiger charge is 2.41. The average Bonchev–Trinajstić information content (AvgIpc) is 2.48. The van der Waals surface area contributed by atoms with Crippen molar-refractivity contribution in [2.24, 2.45) is 5.73 Å². The third kappa shape index (κ3) is 3.96. The molecule has 1 heterocycles. The van der Waals surface area contributed by atoms with Crippen molar-refractivity contribution in [3.8, 4) is 0 Å². The normalized spacial score (nSPS) is 18.4. The van der Waals surface area contributed by atoms with Crippen LogP contribution in [0.3, 0.4) is 0 Å². The standard InChI is InChI=1S/C16H24N2O2.ClH/c1-12-3-5-14(6-4-12)16(7-9-20-10-8-16)15(19)18-13(2)11-17;/h3-6,13H,7-11,17H2,1-2H3,(H,18,19);1H/t13-;/m0./s1. The van der Waals surface area contributed by atoms with Gasteiger partial charge in [-0.2, -0.15) is 0 Å². The SMILES string of the molecule is Cc1ccc(C2(C(=O)N[C@@H](C)CN)CCOCC2)cc1.Cl. The third-order valence-corrected chi connectivity index (χ3v) is 4.12. The maximum atomic E-state index is 12.8. The highest BCUT2D eigenvalue weighted by molar-refractivity contribution is 5.88. The van der Waals surface area contributed by atoms with Crippen LogP contribution < -0.4 is 11.1 Å². The van der Waals surface area contributed by atoms with Gasteiger partial charge in [-0.1, -0.05) is 29.8 Å². The van der Waals surface area contributed by atoms with Crippen molar-refractivity contribution in [2.45, 2.75) is 38.1 Å². The number of benzene rings is 1. The van der Waals surface area contributed by atoms with Crippen LogP contribution in [0.1, 0.15) is 30.9 Å². The second-order valence-corrected chi connectivity index (χ2v) is 5.67. The zero-order chi connectivity index (χ0) is 14.6. The van der Waals surface area contributed by atoms with Crippen LogP contribution in [0.4, 0.5) is 0 Å². The first-order valence-electron chi connectivity index (χ1n) is 7.24. The summed E-state index contributed by atoms with van der Waals surface area (Å²) >= 11 is 0. The lowest BCUT2D eigenvalue weighted by atomic mass is 9.73. The molecule has 1 atom stereocenters. The Balaban J connectivity index is 0.00000220. The lowest BCUT2D eigenvalue weighted by Gasteiger charge is -2.37. The number of amides is 1. The molecular formula is C16H25ClN2O2. The number of aryl methyl sites for hydroxylation is 1. The molecule has 0 radical (unpaired) electrons.